The zero-order valence-electron chi connectivity index (χ0n) is 8.02. The molecular weight excluding hydrogens is 210 g/mol. The minimum absolute atomic E-state index is 0.230. The lowest BCUT2D eigenvalue weighted by atomic mass is 10.2. The van der Waals surface area contributed by atoms with Gasteiger partial charge < -0.3 is 5.84 Å². The lowest BCUT2D eigenvalue weighted by Gasteiger charge is -2.13. The van der Waals surface area contributed by atoms with Crippen LogP contribution in [-0.2, 0) is 0 Å². The summed E-state index contributed by atoms with van der Waals surface area (Å²) < 4.78 is 1.29. The zero-order valence-corrected chi connectivity index (χ0v) is 8.02. The number of amides is 2. The molecule has 0 saturated heterocycles. The normalized spacial score (nSPS) is 13.4. The predicted molar refractivity (Wildman–Crippen MR) is 58.8 cm³/mol. The van der Waals surface area contributed by atoms with E-state index < -0.39 is 11.6 Å². The molecule has 7 heteroatoms. The van der Waals surface area contributed by atoms with Gasteiger partial charge in [-0.3, -0.25) is 20.1 Å². The third kappa shape index (κ3) is 1.05. The predicted octanol–water partition coefficient (Wildman–Crippen LogP) is 0.0677. The van der Waals surface area contributed by atoms with E-state index in [0.29, 0.717) is 11.2 Å². The first-order valence-corrected chi connectivity index (χ1v) is 4.54. The van der Waals surface area contributed by atoms with E-state index in [1.807, 2.05) is 0 Å². The summed E-state index contributed by atoms with van der Waals surface area (Å²) in [5.41, 5.74) is -0.414. The number of carbonyl (C=O) groups is 1. The van der Waals surface area contributed by atoms with Crippen molar-refractivity contribution >= 4 is 28.4 Å². The van der Waals surface area contributed by atoms with Crippen LogP contribution < -0.4 is 22.0 Å². The number of aromatic nitrogens is 2. The molecule has 0 saturated carbocycles. The number of rotatable bonds is 0. The summed E-state index contributed by atoms with van der Waals surface area (Å²) in [4.78, 5) is 26.3. The first-order chi connectivity index (χ1) is 7.65. The first kappa shape index (κ1) is 8.72. The molecule has 0 aromatic carbocycles. The fourth-order valence-electron chi connectivity index (χ4n) is 1.75. The van der Waals surface area contributed by atoms with Crippen molar-refractivity contribution < 1.29 is 4.79 Å². The summed E-state index contributed by atoms with van der Waals surface area (Å²) in [6.07, 6.45) is 1.61. The fourth-order valence-corrected chi connectivity index (χ4v) is 1.75. The van der Waals surface area contributed by atoms with Gasteiger partial charge in [-0.05, 0) is 6.07 Å². The second-order valence-electron chi connectivity index (χ2n) is 3.43. The number of hydrogen-bond acceptors (Lipinski definition) is 4. The van der Waals surface area contributed by atoms with Gasteiger partial charge >= 0.3 is 6.03 Å². The Bertz CT molecular complexity index is 675. The third-order valence-electron chi connectivity index (χ3n) is 2.39. The second-order valence-corrected chi connectivity index (χ2v) is 3.43. The maximum absolute atomic E-state index is 11.3. The number of nitrogens with two attached hydrogens (primary N) is 1. The standard InChI is InChI=1S/C9H7N5O2/c10-14-3-4-1-2-5(15)11-7-6(4)8(14)13-9(16)12-7/h1-3H,10H2,(H2,11,12,13,15,16). The molecule has 3 heterocycles. The van der Waals surface area contributed by atoms with Crippen LogP contribution in [0.5, 0.6) is 0 Å². The summed E-state index contributed by atoms with van der Waals surface area (Å²) in [6.45, 7) is 0. The number of nitrogen functional groups attached to an aromatic ring is 1. The highest BCUT2D eigenvalue weighted by molar-refractivity contribution is 6.15. The molecule has 16 heavy (non-hydrogen) atoms. The molecule has 2 aromatic heterocycles. The molecule has 0 spiro atoms. The fraction of sp³-hybridized carbons (Fsp3) is 0. The number of nitrogens with zero attached hydrogens (tertiary/aromatic N) is 2. The Morgan fingerprint density at radius 3 is 2.88 bits per heavy atom. The Morgan fingerprint density at radius 1 is 1.25 bits per heavy atom. The van der Waals surface area contributed by atoms with Crippen molar-refractivity contribution in [2.24, 2.45) is 0 Å². The molecule has 4 N–H and O–H groups in total. The molecule has 2 aromatic rings. The summed E-state index contributed by atoms with van der Waals surface area (Å²) in [6, 6.07) is 2.48. The van der Waals surface area contributed by atoms with Crippen LogP contribution in [0.1, 0.15) is 0 Å². The van der Waals surface area contributed by atoms with Gasteiger partial charge in [0.2, 0.25) is 0 Å². The van der Waals surface area contributed by atoms with Crippen LogP contribution in [0.4, 0.5) is 16.4 Å². The highest BCUT2D eigenvalue weighted by Crippen LogP contribution is 2.31. The molecule has 7 nitrogen and oxygen atoms in total. The van der Waals surface area contributed by atoms with Crippen molar-refractivity contribution in [3.05, 3.63) is 28.7 Å². The maximum atomic E-state index is 11.3. The van der Waals surface area contributed by atoms with E-state index in [9.17, 15) is 9.59 Å². The number of nitrogens with one attached hydrogen (secondary N) is 2. The van der Waals surface area contributed by atoms with Crippen molar-refractivity contribution in [2.75, 3.05) is 16.5 Å². The van der Waals surface area contributed by atoms with Gasteiger partial charge in [-0.2, -0.15) is 4.98 Å². The number of anilines is 2. The van der Waals surface area contributed by atoms with Gasteiger partial charge in [-0.25, -0.2) is 4.79 Å². The molecular formula is C9H7N5O2. The molecule has 1 aliphatic rings. The molecule has 0 unspecified atom stereocenters. The Hall–Kier alpha value is -2.57. The van der Waals surface area contributed by atoms with Gasteiger partial charge in [-0.1, -0.05) is 0 Å². The van der Waals surface area contributed by atoms with E-state index in [1.54, 1.807) is 12.3 Å². The molecule has 3 rings (SSSR count). The first-order valence-electron chi connectivity index (χ1n) is 4.54. The Labute approximate surface area is 88.9 Å². The van der Waals surface area contributed by atoms with Crippen molar-refractivity contribution in [1.29, 1.82) is 0 Å². The summed E-state index contributed by atoms with van der Waals surface area (Å²) in [5, 5.41) is 6.38. The van der Waals surface area contributed by atoms with Crippen LogP contribution in [0.15, 0.2) is 23.1 Å². The minimum Gasteiger partial charge on any atom is -0.338 e. The SMILES string of the molecule is Nn1cc2ccc(=O)nc3c2c1NC(=O)N3. The van der Waals surface area contributed by atoms with E-state index in [4.69, 9.17) is 5.84 Å². The van der Waals surface area contributed by atoms with Crippen LogP contribution in [0.2, 0.25) is 0 Å². The summed E-state index contributed by atoms with van der Waals surface area (Å²) >= 11 is 0. The van der Waals surface area contributed by atoms with Crippen molar-refractivity contribution in [2.45, 2.75) is 0 Å². The molecule has 0 aliphatic carbocycles. The van der Waals surface area contributed by atoms with Gasteiger partial charge in [0.15, 0.2) is 0 Å². The summed E-state index contributed by atoms with van der Waals surface area (Å²) in [7, 11) is 0. The third-order valence-corrected chi connectivity index (χ3v) is 2.39. The monoisotopic (exact) mass is 217 g/mol. The van der Waals surface area contributed by atoms with Crippen molar-refractivity contribution in [3.63, 3.8) is 0 Å². The molecule has 2 amide bonds. The van der Waals surface area contributed by atoms with Crippen molar-refractivity contribution in [1.82, 2.24) is 9.66 Å². The average Bonchev–Trinajstić information content (AvgIpc) is 2.43. The molecule has 0 bridgehead atoms. The highest BCUT2D eigenvalue weighted by atomic mass is 16.2. The van der Waals surface area contributed by atoms with Gasteiger partial charge in [0.1, 0.15) is 11.6 Å². The lowest BCUT2D eigenvalue weighted by molar-refractivity contribution is 0.262. The van der Waals surface area contributed by atoms with Crippen LogP contribution in [0, 0.1) is 0 Å². The number of hydrogen-bond donors (Lipinski definition) is 3. The Morgan fingerprint density at radius 2 is 2.06 bits per heavy atom. The maximum Gasteiger partial charge on any atom is 0.326 e. The molecule has 0 fully saturated rings. The van der Waals surface area contributed by atoms with Crippen LogP contribution >= 0.6 is 0 Å². The van der Waals surface area contributed by atoms with Crippen LogP contribution in [-0.4, -0.2) is 15.7 Å². The summed E-state index contributed by atoms with van der Waals surface area (Å²) in [5.74, 6) is 6.33. The second kappa shape index (κ2) is 2.72. The van der Waals surface area contributed by atoms with Gasteiger partial charge in [-0.15, -0.1) is 0 Å². The van der Waals surface area contributed by atoms with Crippen molar-refractivity contribution in [3.8, 4) is 0 Å². The largest absolute Gasteiger partial charge is 0.338 e. The van der Waals surface area contributed by atoms with E-state index >= 15 is 0 Å². The van der Waals surface area contributed by atoms with Crippen LogP contribution in [0.25, 0.3) is 10.8 Å². The number of carbonyl (C=O) groups excluding carboxylic acids is 1. The van der Waals surface area contributed by atoms with E-state index in [2.05, 4.69) is 15.6 Å². The van der Waals surface area contributed by atoms with E-state index in [0.717, 1.165) is 5.39 Å². The van der Waals surface area contributed by atoms with Gasteiger partial charge in [0.05, 0.1) is 5.39 Å². The van der Waals surface area contributed by atoms with E-state index in [-0.39, 0.29) is 5.82 Å². The number of urea groups is 1. The molecule has 80 valence electrons. The highest BCUT2D eigenvalue weighted by Gasteiger charge is 2.21. The molecule has 1 aliphatic heterocycles. The molecule has 0 radical (unpaired) electrons. The average molecular weight is 217 g/mol. The Balaban J connectivity index is 2.54. The Kier molecular flexibility index (Phi) is 1.48. The van der Waals surface area contributed by atoms with Gasteiger partial charge in [0.25, 0.3) is 5.56 Å². The lowest BCUT2D eigenvalue weighted by Crippen LogP contribution is -2.27. The zero-order chi connectivity index (χ0) is 11.3. The quantitative estimate of drug-likeness (QED) is 0.543. The topological polar surface area (TPSA) is 102 Å². The smallest absolute Gasteiger partial charge is 0.326 e. The molecule has 0 atom stereocenters. The van der Waals surface area contributed by atoms with Gasteiger partial charge in [0, 0.05) is 17.6 Å². The van der Waals surface area contributed by atoms with Crippen LogP contribution in [0.3, 0.4) is 0 Å². The van der Waals surface area contributed by atoms with E-state index in [1.165, 1.54) is 10.7 Å². The minimum atomic E-state index is -0.461.